The van der Waals surface area contributed by atoms with Crippen molar-refractivity contribution in [1.29, 1.82) is 0 Å². The van der Waals surface area contributed by atoms with Crippen LogP contribution >= 0.6 is 0 Å². The van der Waals surface area contributed by atoms with Gasteiger partial charge in [0.15, 0.2) is 0 Å². The van der Waals surface area contributed by atoms with Crippen molar-refractivity contribution in [2.45, 2.75) is 32.8 Å². The van der Waals surface area contributed by atoms with Gasteiger partial charge in [-0.1, -0.05) is 19.9 Å². The smallest absolute Gasteiger partial charge is 0.119 e. The summed E-state index contributed by atoms with van der Waals surface area (Å²) in [5.74, 6) is 1.35. The lowest BCUT2D eigenvalue weighted by Gasteiger charge is -2.28. The van der Waals surface area contributed by atoms with Gasteiger partial charge >= 0.3 is 0 Å². The zero-order chi connectivity index (χ0) is 15.2. The lowest BCUT2D eigenvalue weighted by Crippen LogP contribution is -2.42. The minimum Gasteiger partial charge on any atom is -0.491 e. The van der Waals surface area contributed by atoms with Crippen LogP contribution in [0.25, 0.3) is 0 Å². The van der Waals surface area contributed by atoms with E-state index in [4.69, 9.17) is 9.47 Å². The largest absolute Gasteiger partial charge is 0.491 e. The molecule has 0 aliphatic carbocycles. The third-order valence-electron chi connectivity index (χ3n) is 3.88. The van der Waals surface area contributed by atoms with Crippen LogP contribution in [0.2, 0.25) is 0 Å². The van der Waals surface area contributed by atoms with Crippen molar-refractivity contribution in [3.63, 3.8) is 0 Å². The predicted octanol–water partition coefficient (Wildman–Crippen LogP) is 2.19. The molecule has 4 heteroatoms. The Bertz CT molecular complexity index is 442. The molecule has 1 aromatic carbocycles. The van der Waals surface area contributed by atoms with Crippen LogP contribution in [0.4, 0.5) is 0 Å². The molecule has 0 amide bonds. The molecule has 1 saturated heterocycles. The van der Waals surface area contributed by atoms with Crippen LogP contribution in [-0.4, -0.2) is 55.6 Å². The number of aryl methyl sites for hydroxylation is 1. The van der Waals surface area contributed by atoms with E-state index in [2.05, 4.69) is 37.8 Å². The summed E-state index contributed by atoms with van der Waals surface area (Å²) >= 11 is 0. The zero-order valence-corrected chi connectivity index (χ0v) is 13.3. The second kappa shape index (κ2) is 7.78. The maximum Gasteiger partial charge on any atom is 0.119 e. The summed E-state index contributed by atoms with van der Waals surface area (Å²) in [6, 6.07) is 6.16. The Morgan fingerprint density at radius 2 is 2.00 bits per heavy atom. The number of β-amino-alcohol motifs (C(OH)–C–C–N with tert-alkyl or cyclic N) is 1. The average Bonchev–Trinajstić information content (AvgIpc) is 2.46. The molecule has 0 unspecified atom stereocenters. The van der Waals surface area contributed by atoms with E-state index in [-0.39, 0.29) is 0 Å². The number of hydrogen-bond donors (Lipinski definition) is 1. The van der Waals surface area contributed by atoms with Gasteiger partial charge in [-0.3, -0.25) is 4.90 Å². The maximum absolute atomic E-state index is 10.1. The van der Waals surface area contributed by atoms with E-state index >= 15 is 0 Å². The highest BCUT2D eigenvalue weighted by Gasteiger charge is 2.15. The molecule has 1 aliphatic rings. The second-order valence-corrected chi connectivity index (χ2v) is 6.05. The van der Waals surface area contributed by atoms with Crippen LogP contribution < -0.4 is 4.74 Å². The lowest BCUT2D eigenvalue weighted by atomic mass is 9.98. The van der Waals surface area contributed by atoms with Gasteiger partial charge in [-0.25, -0.2) is 0 Å². The fraction of sp³-hybridized carbons (Fsp3) is 0.647. The number of rotatable bonds is 6. The van der Waals surface area contributed by atoms with E-state index in [1.165, 1.54) is 11.1 Å². The Hall–Kier alpha value is -1.10. The molecule has 21 heavy (non-hydrogen) atoms. The summed E-state index contributed by atoms with van der Waals surface area (Å²) in [5, 5.41) is 10.1. The van der Waals surface area contributed by atoms with Gasteiger partial charge in [0.05, 0.1) is 13.2 Å². The molecule has 0 spiro atoms. The van der Waals surface area contributed by atoms with E-state index in [0.717, 1.165) is 32.1 Å². The van der Waals surface area contributed by atoms with E-state index in [1.807, 2.05) is 6.07 Å². The molecule has 2 rings (SSSR count). The first-order valence-corrected chi connectivity index (χ1v) is 7.77. The lowest BCUT2D eigenvalue weighted by molar-refractivity contribution is 0.00465. The van der Waals surface area contributed by atoms with Crippen LogP contribution in [0.3, 0.4) is 0 Å². The van der Waals surface area contributed by atoms with Gasteiger partial charge in [0.2, 0.25) is 0 Å². The molecule has 1 heterocycles. The van der Waals surface area contributed by atoms with Crippen molar-refractivity contribution >= 4 is 0 Å². The van der Waals surface area contributed by atoms with Gasteiger partial charge in [-0.15, -0.1) is 0 Å². The summed E-state index contributed by atoms with van der Waals surface area (Å²) < 4.78 is 11.0. The van der Waals surface area contributed by atoms with Crippen molar-refractivity contribution in [2.24, 2.45) is 0 Å². The molecule has 1 N–H and O–H groups in total. The highest BCUT2D eigenvalue weighted by molar-refractivity contribution is 5.36. The molecule has 118 valence electrons. The molecule has 0 saturated carbocycles. The zero-order valence-electron chi connectivity index (χ0n) is 13.3. The molecular formula is C17H27NO3. The SMILES string of the molecule is Cc1cc(OC[C@H](O)CN2CCOCC2)ccc1C(C)C. The number of benzene rings is 1. The molecule has 0 aromatic heterocycles. The van der Waals surface area contributed by atoms with Crippen molar-refractivity contribution in [3.05, 3.63) is 29.3 Å². The Labute approximate surface area is 127 Å². The minimum absolute atomic E-state index is 0.331. The van der Waals surface area contributed by atoms with E-state index < -0.39 is 6.10 Å². The maximum atomic E-state index is 10.1. The van der Waals surface area contributed by atoms with Crippen molar-refractivity contribution in [2.75, 3.05) is 39.5 Å². The summed E-state index contributed by atoms with van der Waals surface area (Å²) in [6.45, 7) is 10.7. The third kappa shape index (κ3) is 4.99. The number of hydrogen-bond acceptors (Lipinski definition) is 4. The monoisotopic (exact) mass is 293 g/mol. The first-order chi connectivity index (χ1) is 10.1. The summed E-state index contributed by atoms with van der Waals surface area (Å²) in [7, 11) is 0. The molecule has 4 nitrogen and oxygen atoms in total. The van der Waals surface area contributed by atoms with Crippen LogP contribution in [0.15, 0.2) is 18.2 Å². The Morgan fingerprint density at radius 1 is 1.29 bits per heavy atom. The molecule has 0 radical (unpaired) electrons. The quantitative estimate of drug-likeness (QED) is 0.873. The number of morpholine rings is 1. The first kappa shape index (κ1) is 16.3. The minimum atomic E-state index is -0.465. The molecule has 0 bridgehead atoms. The fourth-order valence-electron chi connectivity index (χ4n) is 2.71. The van der Waals surface area contributed by atoms with Gasteiger partial charge in [-0.05, 0) is 36.1 Å². The van der Waals surface area contributed by atoms with E-state index in [1.54, 1.807) is 0 Å². The van der Waals surface area contributed by atoms with Crippen molar-refractivity contribution in [3.8, 4) is 5.75 Å². The predicted molar refractivity (Wildman–Crippen MR) is 84.0 cm³/mol. The highest BCUT2D eigenvalue weighted by atomic mass is 16.5. The first-order valence-electron chi connectivity index (χ1n) is 7.77. The highest BCUT2D eigenvalue weighted by Crippen LogP contribution is 2.23. The molecule has 1 fully saturated rings. The third-order valence-corrected chi connectivity index (χ3v) is 3.88. The van der Waals surface area contributed by atoms with Crippen LogP contribution in [-0.2, 0) is 4.74 Å². The summed E-state index contributed by atoms with van der Waals surface area (Å²) in [5.41, 5.74) is 2.58. The topological polar surface area (TPSA) is 41.9 Å². The van der Waals surface area contributed by atoms with Gasteiger partial charge in [-0.2, -0.15) is 0 Å². The normalized spacial score (nSPS) is 18.0. The van der Waals surface area contributed by atoms with Crippen molar-refractivity contribution < 1.29 is 14.6 Å². The average molecular weight is 293 g/mol. The Kier molecular flexibility index (Phi) is 6.03. The fourth-order valence-corrected chi connectivity index (χ4v) is 2.71. The molecular weight excluding hydrogens is 266 g/mol. The second-order valence-electron chi connectivity index (χ2n) is 6.05. The number of nitrogens with zero attached hydrogens (tertiary/aromatic N) is 1. The molecule has 1 aliphatic heterocycles. The van der Waals surface area contributed by atoms with Gasteiger partial charge < -0.3 is 14.6 Å². The number of ether oxygens (including phenoxy) is 2. The summed E-state index contributed by atoms with van der Waals surface area (Å²) in [4.78, 5) is 2.21. The van der Waals surface area contributed by atoms with Crippen LogP contribution in [0.5, 0.6) is 5.75 Å². The van der Waals surface area contributed by atoms with E-state index in [0.29, 0.717) is 19.1 Å². The standard InChI is InChI=1S/C17H27NO3/c1-13(2)17-5-4-16(10-14(17)3)21-12-15(19)11-18-6-8-20-9-7-18/h4-5,10,13,15,19H,6-9,11-12H2,1-3H3/t15-/m1/s1. The van der Waals surface area contributed by atoms with Crippen molar-refractivity contribution in [1.82, 2.24) is 4.90 Å². The number of aliphatic hydroxyl groups is 1. The number of aliphatic hydroxyl groups excluding tert-OH is 1. The molecule has 1 aromatic rings. The van der Waals surface area contributed by atoms with Gasteiger partial charge in [0.25, 0.3) is 0 Å². The van der Waals surface area contributed by atoms with Crippen LogP contribution in [0.1, 0.15) is 30.9 Å². The Morgan fingerprint density at radius 3 is 2.62 bits per heavy atom. The molecule has 1 atom stereocenters. The summed E-state index contributed by atoms with van der Waals surface area (Å²) in [6.07, 6.45) is -0.465. The Balaban J connectivity index is 1.80. The van der Waals surface area contributed by atoms with Crippen LogP contribution in [0, 0.1) is 6.92 Å². The van der Waals surface area contributed by atoms with Gasteiger partial charge in [0, 0.05) is 19.6 Å². The van der Waals surface area contributed by atoms with E-state index in [9.17, 15) is 5.11 Å². The van der Waals surface area contributed by atoms with Gasteiger partial charge in [0.1, 0.15) is 18.5 Å².